The van der Waals surface area contributed by atoms with Crippen LogP contribution in [0.1, 0.15) is 64.0 Å². The lowest BCUT2D eigenvalue weighted by molar-refractivity contribution is -0.884. The van der Waals surface area contributed by atoms with Crippen molar-refractivity contribution in [1.29, 1.82) is 0 Å². The van der Waals surface area contributed by atoms with Crippen LogP contribution in [0.15, 0.2) is 54.6 Å². The first-order valence-corrected chi connectivity index (χ1v) is 15.5. The van der Waals surface area contributed by atoms with Crippen molar-refractivity contribution < 1.29 is 28.7 Å². The predicted molar refractivity (Wildman–Crippen MR) is 170 cm³/mol. The van der Waals surface area contributed by atoms with Crippen molar-refractivity contribution in [2.75, 3.05) is 52.5 Å². The van der Waals surface area contributed by atoms with Gasteiger partial charge in [0.25, 0.3) is 0 Å². The maximum absolute atomic E-state index is 14.2. The summed E-state index contributed by atoms with van der Waals surface area (Å²) >= 11 is 0. The smallest absolute Gasteiger partial charge is 0.308 e. The highest BCUT2D eigenvalue weighted by Crippen LogP contribution is 2.45. The van der Waals surface area contributed by atoms with E-state index in [9.17, 15) is 14.7 Å². The zero-order valence-electron chi connectivity index (χ0n) is 27.0. The van der Waals surface area contributed by atoms with E-state index in [1.807, 2.05) is 48.2 Å². The summed E-state index contributed by atoms with van der Waals surface area (Å²) in [5.74, 6) is -0.486. The Morgan fingerprint density at radius 1 is 1.12 bits per heavy atom. The van der Waals surface area contributed by atoms with Crippen molar-refractivity contribution in [3.05, 3.63) is 65.7 Å². The third-order valence-electron chi connectivity index (χ3n) is 8.47. The van der Waals surface area contributed by atoms with Gasteiger partial charge in [-0.2, -0.15) is 0 Å². The van der Waals surface area contributed by atoms with Crippen LogP contribution in [0, 0.1) is 11.3 Å². The summed E-state index contributed by atoms with van der Waals surface area (Å²) in [4.78, 5) is 31.2. The minimum Gasteiger partial charge on any atom is -0.481 e. The van der Waals surface area contributed by atoms with Gasteiger partial charge in [-0.25, -0.2) is 0 Å². The highest BCUT2D eigenvalue weighted by atomic mass is 16.7. The SMILES string of the molecule is CC=CC(C)(C)C[C@H]1C(C(=O)O)[C@@H](c2ccc3c(c2)OCO3)CN1CC(=O)N(CCCC)c1cccc(C[N+](C)(C)C)c1. The first-order valence-electron chi connectivity index (χ1n) is 15.5. The number of allylic oxidation sites excluding steroid dienone is 2. The molecule has 0 aliphatic carbocycles. The lowest BCUT2D eigenvalue weighted by Gasteiger charge is -2.34. The summed E-state index contributed by atoms with van der Waals surface area (Å²) in [6.45, 7) is 10.7. The number of amides is 1. The van der Waals surface area contributed by atoms with Crippen LogP contribution in [0.25, 0.3) is 0 Å². The van der Waals surface area contributed by atoms with Crippen molar-refractivity contribution in [2.45, 2.75) is 65.5 Å². The Labute approximate surface area is 257 Å². The van der Waals surface area contributed by atoms with Crippen LogP contribution in [0.3, 0.4) is 0 Å². The second kappa shape index (κ2) is 13.5. The third-order valence-corrected chi connectivity index (χ3v) is 8.47. The van der Waals surface area contributed by atoms with Crippen LogP contribution in [0.4, 0.5) is 5.69 Å². The third kappa shape index (κ3) is 8.18. The Bertz CT molecular complexity index is 1310. The summed E-state index contributed by atoms with van der Waals surface area (Å²) in [7, 11) is 6.47. The molecule has 1 amide bonds. The summed E-state index contributed by atoms with van der Waals surface area (Å²) in [5.41, 5.74) is 2.74. The fourth-order valence-electron chi connectivity index (χ4n) is 6.63. The molecule has 2 aromatic rings. The molecule has 1 saturated heterocycles. The largest absolute Gasteiger partial charge is 0.481 e. The Hall–Kier alpha value is -3.36. The van der Waals surface area contributed by atoms with Crippen LogP contribution in [0.5, 0.6) is 11.5 Å². The number of carbonyl (C=O) groups is 2. The van der Waals surface area contributed by atoms with Gasteiger partial charge in [0.1, 0.15) is 6.54 Å². The average molecular weight is 593 g/mol. The molecule has 1 N–H and O–H groups in total. The van der Waals surface area contributed by atoms with E-state index in [4.69, 9.17) is 9.47 Å². The summed E-state index contributed by atoms with van der Waals surface area (Å²) in [6.07, 6.45) is 6.63. The monoisotopic (exact) mass is 592 g/mol. The summed E-state index contributed by atoms with van der Waals surface area (Å²) in [6, 6.07) is 13.7. The van der Waals surface area contributed by atoms with Gasteiger partial charge >= 0.3 is 5.97 Å². The number of carbonyl (C=O) groups excluding carboxylic acids is 1. The number of hydrogen-bond acceptors (Lipinski definition) is 5. The van der Waals surface area contributed by atoms with Gasteiger partial charge in [0.2, 0.25) is 12.7 Å². The number of fused-ring (bicyclic) bond motifs is 1. The molecule has 2 aliphatic rings. The van der Waals surface area contributed by atoms with Gasteiger partial charge in [0.05, 0.1) is 33.6 Å². The highest BCUT2D eigenvalue weighted by molar-refractivity contribution is 5.95. The van der Waals surface area contributed by atoms with Crippen LogP contribution in [-0.4, -0.2) is 80.0 Å². The number of ether oxygens (including phenoxy) is 2. The minimum absolute atomic E-state index is 0.000152. The standard InChI is InChI=1S/C35H49N3O5/c1-8-10-17-37(27-13-11-12-25(18-27)23-38(5,6)7)32(39)22-36-21-28(26-14-15-30-31(19-26)43-24-42-30)33(34(40)41)29(36)20-35(3,4)16-9-2/h9,11-16,18-19,28-29,33H,8,10,17,20-24H2,1-7H3/p+1/t28-,29+,33?/m1/s1. The van der Waals surface area contributed by atoms with Gasteiger partial charge in [0.15, 0.2) is 11.5 Å². The van der Waals surface area contributed by atoms with Gasteiger partial charge in [-0.15, -0.1) is 0 Å². The number of hydrogen-bond donors (Lipinski definition) is 1. The number of anilines is 1. The molecular formula is C35H50N3O5+. The molecule has 1 unspecified atom stereocenters. The van der Waals surface area contributed by atoms with E-state index in [0.717, 1.165) is 35.1 Å². The fraction of sp³-hybridized carbons (Fsp3) is 0.543. The number of carboxylic acid groups (broad SMARTS) is 1. The minimum atomic E-state index is -0.838. The maximum Gasteiger partial charge on any atom is 0.308 e. The molecule has 0 bridgehead atoms. The highest BCUT2D eigenvalue weighted by Gasteiger charge is 2.48. The van der Waals surface area contributed by atoms with E-state index >= 15 is 0 Å². The van der Waals surface area contributed by atoms with Crippen molar-refractivity contribution in [3.63, 3.8) is 0 Å². The molecule has 8 heteroatoms. The predicted octanol–water partition coefficient (Wildman–Crippen LogP) is 5.92. The number of quaternary nitrogens is 1. The fourth-order valence-corrected chi connectivity index (χ4v) is 6.63. The topological polar surface area (TPSA) is 79.3 Å². The Balaban J connectivity index is 1.67. The van der Waals surface area contributed by atoms with Crippen LogP contribution in [0.2, 0.25) is 0 Å². The Morgan fingerprint density at radius 3 is 2.53 bits per heavy atom. The molecule has 1 fully saturated rings. The second-order valence-corrected chi connectivity index (χ2v) is 13.8. The first kappa shape index (κ1) is 32.6. The number of carboxylic acids is 1. The van der Waals surface area contributed by atoms with E-state index in [1.54, 1.807) is 0 Å². The van der Waals surface area contributed by atoms with Crippen LogP contribution < -0.4 is 14.4 Å². The molecule has 0 radical (unpaired) electrons. The average Bonchev–Trinajstić information content (AvgIpc) is 3.52. The maximum atomic E-state index is 14.2. The Kier molecular flexibility index (Phi) is 10.2. The normalized spacial score (nSPS) is 20.6. The van der Waals surface area contributed by atoms with Crippen LogP contribution in [-0.2, 0) is 16.1 Å². The number of unbranched alkanes of at least 4 members (excludes halogenated alkanes) is 1. The van der Waals surface area contributed by atoms with E-state index < -0.39 is 11.9 Å². The van der Waals surface area contributed by atoms with E-state index in [-0.39, 0.29) is 36.6 Å². The quantitative estimate of drug-likeness (QED) is 0.230. The molecule has 0 saturated carbocycles. The molecular weight excluding hydrogens is 542 g/mol. The van der Waals surface area contributed by atoms with Crippen molar-refractivity contribution >= 4 is 17.6 Å². The lowest BCUT2D eigenvalue weighted by atomic mass is 9.77. The molecule has 2 aromatic carbocycles. The molecule has 0 spiro atoms. The molecule has 8 nitrogen and oxygen atoms in total. The first-order chi connectivity index (χ1) is 20.3. The molecule has 2 aliphatic heterocycles. The zero-order valence-corrected chi connectivity index (χ0v) is 27.0. The molecule has 3 atom stereocenters. The molecule has 234 valence electrons. The number of nitrogens with zero attached hydrogens (tertiary/aromatic N) is 3. The van der Waals surface area contributed by atoms with E-state index in [1.165, 1.54) is 5.56 Å². The van der Waals surface area contributed by atoms with Crippen molar-refractivity contribution in [2.24, 2.45) is 11.3 Å². The number of aliphatic carboxylic acids is 1. The zero-order chi connectivity index (χ0) is 31.4. The van der Waals surface area contributed by atoms with E-state index in [2.05, 4.69) is 65.0 Å². The second-order valence-electron chi connectivity index (χ2n) is 13.8. The van der Waals surface area contributed by atoms with Gasteiger partial charge in [0, 0.05) is 36.3 Å². The van der Waals surface area contributed by atoms with Gasteiger partial charge in [-0.05, 0) is 55.0 Å². The Morgan fingerprint density at radius 2 is 1.86 bits per heavy atom. The molecule has 0 aromatic heterocycles. The molecule has 2 heterocycles. The number of likely N-dealkylation sites (tertiary alicyclic amines) is 1. The lowest BCUT2D eigenvalue weighted by Crippen LogP contribution is -2.45. The number of benzene rings is 2. The van der Waals surface area contributed by atoms with Gasteiger partial charge in [-0.1, -0.05) is 57.5 Å². The van der Waals surface area contributed by atoms with Gasteiger partial charge in [-0.3, -0.25) is 14.5 Å². The van der Waals surface area contributed by atoms with Crippen molar-refractivity contribution in [3.8, 4) is 11.5 Å². The van der Waals surface area contributed by atoms with Gasteiger partial charge < -0.3 is 24.0 Å². The van der Waals surface area contributed by atoms with E-state index in [0.29, 0.717) is 31.0 Å². The molecule has 43 heavy (non-hydrogen) atoms. The summed E-state index contributed by atoms with van der Waals surface area (Å²) in [5, 5.41) is 10.6. The summed E-state index contributed by atoms with van der Waals surface area (Å²) < 4.78 is 11.9. The van der Waals surface area contributed by atoms with Crippen molar-refractivity contribution in [1.82, 2.24) is 4.90 Å². The van der Waals surface area contributed by atoms with Crippen LogP contribution >= 0.6 is 0 Å². The molecule has 4 rings (SSSR count). The number of rotatable bonds is 13.